The van der Waals surface area contributed by atoms with Crippen LogP contribution in [0.3, 0.4) is 0 Å². The number of nitrogens with two attached hydrogens (primary N) is 1. The second-order valence-electron chi connectivity index (χ2n) is 8.63. The Balaban J connectivity index is 1.50. The van der Waals surface area contributed by atoms with Crippen LogP contribution in [0.4, 0.5) is 11.5 Å². The van der Waals surface area contributed by atoms with Gasteiger partial charge in [0.05, 0.1) is 28.7 Å². The number of carbonyl (C=O) groups is 1. The third kappa shape index (κ3) is 5.66. The monoisotopic (exact) mass is 511 g/mol. The molecule has 10 heteroatoms. The van der Waals surface area contributed by atoms with Crippen LogP contribution in [0, 0.1) is 17.2 Å². The summed E-state index contributed by atoms with van der Waals surface area (Å²) >= 11 is 6.14. The predicted molar refractivity (Wildman–Crippen MR) is 134 cm³/mol. The molecule has 1 heterocycles. The zero-order valence-corrected chi connectivity index (χ0v) is 20.6. The lowest BCUT2D eigenvalue weighted by Gasteiger charge is -2.26. The Labute approximate surface area is 209 Å². The van der Waals surface area contributed by atoms with Gasteiger partial charge in [-0.2, -0.15) is 10.4 Å². The Morgan fingerprint density at radius 1 is 1.17 bits per heavy atom. The van der Waals surface area contributed by atoms with Gasteiger partial charge in [-0.05, 0) is 55.2 Å². The van der Waals surface area contributed by atoms with Crippen LogP contribution in [0.15, 0.2) is 59.6 Å². The SMILES string of the molecule is N#C[C@H]1CCCC[C@@H]1n1cc(C(N)=O)c(Nc2ccc(S(=O)(=O)CCc3ccccc3Cl)cc2)n1. The predicted octanol–water partition coefficient (Wildman–Crippen LogP) is 4.65. The van der Waals surface area contributed by atoms with Gasteiger partial charge in [0.25, 0.3) is 5.91 Å². The number of hydrogen-bond acceptors (Lipinski definition) is 6. The standard InChI is InChI=1S/C25H26ClN5O3S/c26-22-7-3-1-5-17(22)13-14-35(33,34)20-11-9-19(10-12-20)29-25-21(24(28)32)16-31(30-25)23-8-4-2-6-18(23)15-27/h1,3,5,7,9-12,16,18,23H,2,4,6,8,13-14H2,(H2,28,32)(H,29,30)/t18-,23+/m1/s1. The zero-order valence-electron chi connectivity index (χ0n) is 19.0. The fourth-order valence-electron chi connectivity index (χ4n) is 4.36. The number of aromatic nitrogens is 2. The second-order valence-corrected chi connectivity index (χ2v) is 11.1. The molecule has 1 aliphatic rings. The molecule has 3 aromatic rings. The molecule has 0 aliphatic heterocycles. The van der Waals surface area contributed by atoms with Crippen molar-refractivity contribution >= 4 is 38.9 Å². The molecule has 0 saturated heterocycles. The topological polar surface area (TPSA) is 131 Å². The van der Waals surface area contributed by atoms with E-state index in [1.54, 1.807) is 35.1 Å². The van der Waals surface area contributed by atoms with Gasteiger partial charge in [0.1, 0.15) is 5.56 Å². The fraction of sp³-hybridized carbons (Fsp3) is 0.320. The van der Waals surface area contributed by atoms with Gasteiger partial charge in [0.2, 0.25) is 0 Å². The number of carbonyl (C=O) groups excluding carboxylic acids is 1. The summed E-state index contributed by atoms with van der Waals surface area (Å²) in [5.41, 5.74) is 7.12. The first-order valence-corrected chi connectivity index (χ1v) is 13.4. The lowest BCUT2D eigenvalue weighted by atomic mass is 9.85. The minimum Gasteiger partial charge on any atom is -0.365 e. The maximum Gasteiger partial charge on any atom is 0.254 e. The molecule has 182 valence electrons. The Bertz CT molecular complexity index is 1360. The van der Waals surface area contributed by atoms with E-state index in [-0.39, 0.29) is 34.0 Å². The maximum atomic E-state index is 12.8. The number of nitriles is 1. The Morgan fingerprint density at radius 3 is 2.57 bits per heavy atom. The minimum atomic E-state index is -3.52. The van der Waals surface area contributed by atoms with Crippen molar-refractivity contribution in [1.29, 1.82) is 5.26 Å². The van der Waals surface area contributed by atoms with E-state index in [0.717, 1.165) is 31.2 Å². The molecule has 1 aromatic heterocycles. The molecular formula is C25H26ClN5O3S. The van der Waals surface area contributed by atoms with Crippen LogP contribution >= 0.6 is 11.6 Å². The molecule has 0 spiro atoms. The molecule has 0 unspecified atom stereocenters. The van der Waals surface area contributed by atoms with Crippen LogP contribution in [0.2, 0.25) is 5.02 Å². The van der Waals surface area contributed by atoms with Crippen LogP contribution in [-0.4, -0.2) is 29.9 Å². The van der Waals surface area contributed by atoms with E-state index in [0.29, 0.717) is 17.1 Å². The average molecular weight is 512 g/mol. The number of hydrogen-bond donors (Lipinski definition) is 2. The summed E-state index contributed by atoms with van der Waals surface area (Å²) in [5.74, 6) is -0.607. The molecule has 1 saturated carbocycles. The van der Waals surface area contributed by atoms with Gasteiger partial charge in [-0.15, -0.1) is 0 Å². The second kappa shape index (κ2) is 10.5. The number of nitrogens with zero attached hydrogens (tertiary/aromatic N) is 3. The normalized spacial score (nSPS) is 18.1. The van der Waals surface area contributed by atoms with E-state index in [9.17, 15) is 18.5 Å². The molecule has 3 N–H and O–H groups in total. The van der Waals surface area contributed by atoms with Crippen molar-refractivity contribution in [2.45, 2.75) is 43.0 Å². The molecule has 1 fully saturated rings. The van der Waals surface area contributed by atoms with Crippen LogP contribution in [0.1, 0.15) is 47.6 Å². The number of sulfone groups is 1. The van der Waals surface area contributed by atoms with Crippen molar-refractivity contribution in [2.75, 3.05) is 11.1 Å². The van der Waals surface area contributed by atoms with Gasteiger partial charge in [-0.25, -0.2) is 8.42 Å². The number of primary amides is 1. The van der Waals surface area contributed by atoms with Crippen LogP contribution in [0.25, 0.3) is 0 Å². The van der Waals surface area contributed by atoms with E-state index < -0.39 is 15.7 Å². The molecular weight excluding hydrogens is 486 g/mol. The van der Waals surface area contributed by atoms with E-state index in [1.165, 1.54) is 12.1 Å². The van der Waals surface area contributed by atoms with Gasteiger partial charge in [-0.3, -0.25) is 9.48 Å². The van der Waals surface area contributed by atoms with Gasteiger partial charge in [0.15, 0.2) is 15.7 Å². The van der Waals surface area contributed by atoms with Crippen LogP contribution in [-0.2, 0) is 16.3 Å². The smallest absolute Gasteiger partial charge is 0.254 e. The molecule has 8 nitrogen and oxygen atoms in total. The Kier molecular flexibility index (Phi) is 7.43. The number of rotatable bonds is 8. The first kappa shape index (κ1) is 24.8. The molecule has 2 atom stereocenters. The van der Waals surface area contributed by atoms with Crippen molar-refractivity contribution in [3.8, 4) is 6.07 Å². The maximum absolute atomic E-state index is 12.8. The molecule has 0 radical (unpaired) electrons. The van der Waals surface area contributed by atoms with Crippen molar-refractivity contribution in [3.05, 3.63) is 70.9 Å². The van der Waals surface area contributed by atoms with Crippen molar-refractivity contribution in [1.82, 2.24) is 9.78 Å². The van der Waals surface area contributed by atoms with E-state index in [2.05, 4.69) is 16.5 Å². The molecule has 35 heavy (non-hydrogen) atoms. The molecule has 1 amide bonds. The lowest BCUT2D eigenvalue weighted by molar-refractivity contribution is 0.100. The Hall–Kier alpha value is -3.35. The fourth-order valence-corrected chi connectivity index (χ4v) is 5.86. The number of amides is 1. The molecule has 2 aromatic carbocycles. The highest BCUT2D eigenvalue weighted by molar-refractivity contribution is 7.91. The van der Waals surface area contributed by atoms with Gasteiger partial charge in [-0.1, -0.05) is 42.6 Å². The third-order valence-electron chi connectivity index (χ3n) is 6.31. The molecule has 1 aliphatic carbocycles. The highest BCUT2D eigenvalue weighted by Gasteiger charge is 2.29. The van der Waals surface area contributed by atoms with E-state index in [1.807, 2.05) is 12.1 Å². The molecule has 0 bridgehead atoms. The Morgan fingerprint density at radius 2 is 1.89 bits per heavy atom. The first-order valence-electron chi connectivity index (χ1n) is 11.4. The summed E-state index contributed by atoms with van der Waals surface area (Å²) in [6, 6.07) is 15.7. The van der Waals surface area contributed by atoms with E-state index in [4.69, 9.17) is 17.3 Å². The van der Waals surface area contributed by atoms with Gasteiger partial charge < -0.3 is 11.1 Å². The van der Waals surface area contributed by atoms with E-state index >= 15 is 0 Å². The van der Waals surface area contributed by atoms with Crippen LogP contribution < -0.4 is 11.1 Å². The van der Waals surface area contributed by atoms with Crippen molar-refractivity contribution < 1.29 is 13.2 Å². The highest BCUT2D eigenvalue weighted by Crippen LogP contribution is 2.34. The number of anilines is 2. The number of nitrogens with one attached hydrogen (secondary N) is 1. The summed E-state index contributed by atoms with van der Waals surface area (Å²) in [6.45, 7) is 0. The summed E-state index contributed by atoms with van der Waals surface area (Å²) in [4.78, 5) is 12.2. The summed E-state index contributed by atoms with van der Waals surface area (Å²) < 4.78 is 27.3. The summed E-state index contributed by atoms with van der Waals surface area (Å²) in [7, 11) is -3.52. The van der Waals surface area contributed by atoms with Crippen LogP contribution in [0.5, 0.6) is 0 Å². The summed E-state index contributed by atoms with van der Waals surface area (Å²) in [5, 5.41) is 17.6. The van der Waals surface area contributed by atoms with Crippen molar-refractivity contribution in [3.63, 3.8) is 0 Å². The van der Waals surface area contributed by atoms with Crippen molar-refractivity contribution in [2.24, 2.45) is 11.7 Å². The minimum absolute atomic E-state index is 0.0683. The number of halogens is 1. The number of benzene rings is 2. The third-order valence-corrected chi connectivity index (χ3v) is 8.41. The lowest BCUT2D eigenvalue weighted by Crippen LogP contribution is -2.22. The largest absolute Gasteiger partial charge is 0.365 e. The van der Waals surface area contributed by atoms with Gasteiger partial charge >= 0.3 is 0 Å². The summed E-state index contributed by atoms with van der Waals surface area (Å²) in [6.07, 6.45) is 5.48. The highest BCUT2D eigenvalue weighted by atomic mass is 35.5. The van der Waals surface area contributed by atoms with Gasteiger partial charge in [0, 0.05) is 16.9 Å². The average Bonchev–Trinajstić information content (AvgIpc) is 3.28. The first-order chi connectivity index (χ1) is 16.8. The quantitative estimate of drug-likeness (QED) is 0.452. The number of aryl methyl sites for hydroxylation is 1. The molecule has 4 rings (SSSR count). The zero-order chi connectivity index (χ0) is 25.0.